The van der Waals surface area contributed by atoms with Gasteiger partial charge < -0.3 is 9.47 Å². The Morgan fingerprint density at radius 2 is 1.52 bits per heavy atom. The van der Waals surface area contributed by atoms with E-state index >= 15 is 0 Å². The Bertz CT molecular complexity index is 900. The quantitative estimate of drug-likeness (QED) is 0.488. The van der Waals surface area contributed by atoms with Crippen LogP contribution in [0.5, 0.6) is 17.2 Å². The molecule has 0 saturated heterocycles. The molecule has 0 aliphatic heterocycles. The molecule has 3 heteroatoms. The number of fused-ring (bicyclic) bond motifs is 1. The summed E-state index contributed by atoms with van der Waals surface area (Å²) in [6.07, 6.45) is 3.34. The number of hydrogen-bond acceptors (Lipinski definition) is 3. The van der Waals surface area contributed by atoms with E-state index in [0.29, 0.717) is 17.1 Å². The van der Waals surface area contributed by atoms with Gasteiger partial charge in [-0.1, -0.05) is 30.3 Å². The fraction of sp³-hybridized carbons (Fsp3) is 0.136. The third kappa shape index (κ3) is 3.56. The molecule has 0 fully saturated rings. The maximum absolute atomic E-state index is 12.4. The zero-order valence-corrected chi connectivity index (χ0v) is 13.8. The first kappa shape index (κ1) is 15.5. The number of carbonyl (C=O) groups is 1. The predicted octanol–water partition coefficient (Wildman–Crippen LogP) is 5.19. The Labute approximate surface area is 146 Å². The lowest BCUT2D eigenvalue weighted by Gasteiger charge is -2.09. The number of carbonyl (C=O) groups excluding carboxylic acids is 1. The van der Waals surface area contributed by atoms with Gasteiger partial charge in [-0.2, -0.15) is 0 Å². The molecule has 0 atom stereocenters. The molecular formula is C22H18O3. The van der Waals surface area contributed by atoms with Gasteiger partial charge in [-0.3, -0.25) is 0 Å². The van der Waals surface area contributed by atoms with Gasteiger partial charge in [-0.15, -0.1) is 0 Å². The molecule has 1 aliphatic rings. The summed E-state index contributed by atoms with van der Waals surface area (Å²) in [4.78, 5) is 12.4. The second kappa shape index (κ2) is 6.81. The number of ether oxygens (including phenoxy) is 2. The van der Waals surface area contributed by atoms with Crippen LogP contribution in [0.15, 0.2) is 72.8 Å². The molecule has 25 heavy (non-hydrogen) atoms. The van der Waals surface area contributed by atoms with Crippen molar-refractivity contribution in [3.8, 4) is 17.2 Å². The highest BCUT2D eigenvalue weighted by Crippen LogP contribution is 2.27. The van der Waals surface area contributed by atoms with Crippen molar-refractivity contribution in [1.82, 2.24) is 0 Å². The lowest BCUT2D eigenvalue weighted by atomic mass is 10.1. The SMILES string of the molecule is O=C(Oc1ccc2c(c1)CCC2)c1cccc(Oc2ccccc2)c1. The molecule has 0 aromatic heterocycles. The molecule has 0 unspecified atom stereocenters. The molecule has 0 bridgehead atoms. The van der Waals surface area contributed by atoms with Gasteiger partial charge in [0.05, 0.1) is 5.56 Å². The molecule has 0 heterocycles. The standard InChI is InChI=1S/C22H18O3/c23-22(25-21-13-12-16-6-4-7-17(16)14-21)18-8-5-11-20(15-18)24-19-9-2-1-3-10-19/h1-3,5,8-15H,4,6-7H2. The third-order valence-electron chi connectivity index (χ3n) is 4.33. The van der Waals surface area contributed by atoms with Crippen molar-refractivity contribution in [3.63, 3.8) is 0 Å². The van der Waals surface area contributed by atoms with E-state index in [0.717, 1.165) is 18.6 Å². The second-order valence-electron chi connectivity index (χ2n) is 6.12. The number of benzene rings is 3. The molecular weight excluding hydrogens is 312 g/mol. The fourth-order valence-corrected chi connectivity index (χ4v) is 3.09. The summed E-state index contributed by atoms with van der Waals surface area (Å²) in [5.41, 5.74) is 3.11. The van der Waals surface area contributed by atoms with Gasteiger partial charge in [0.25, 0.3) is 0 Å². The van der Waals surface area contributed by atoms with Crippen LogP contribution in [-0.2, 0) is 12.8 Å². The summed E-state index contributed by atoms with van der Waals surface area (Å²) in [6.45, 7) is 0. The van der Waals surface area contributed by atoms with Gasteiger partial charge in [-0.25, -0.2) is 4.79 Å². The summed E-state index contributed by atoms with van der Waals surface area (Å²) in [6, 6.07) is 22.4. The summed E-state index contributed by atoms with van der Waals surface area (Å²) >= 11 is 0. The van der Waals surface area contributed by atoms with Crippen LogP contribution < -0.4 is 9.47 Å². The molecule has 0 amide bonds. The number of para-hydroxylation sites is 1. The van der Waals surface area contributed by atoms with E-state index in [-0.39, 0.29) is 5.97 Å². The Hall–Kier alpha value is -3.07. The minimum atomic E-state index is -0.378. The van der Waals surface area contributed by atoms with Crippen molar-refractivity contribution in [2.24, 2.45) is 0 Å². The van der Waals surface area contributed by atoms with E-state index in [4.69, 9.17) is 9.47 Å². The van der Waals surface area contributed by atoms with Crippen LogP contribution in [0.3, 0.4) is 0 Å². The predicted molar refractivity (Wildman–Crippen MR) is 96.4 cm³/mol. The van der Waals surface area contributed by atoms with Gasteiger partial charge in [0.2, 0.25) is 0 Å². The molecule has 3 aromatic carbocycles. The second-order valence-corrected chi connectivity index (χ2v) is 6.12. The molecule has 0 spiro atoms. The molecule has 0 saturated carbocycles. The summed E-state index contributed by atoms with van der Waals surface area (Å²) in [7, 11) is 0. The Morgan fingerprint density at radius 1 is 0.720 bits per heavy atom. The average molecular weight is 330 g/mol. The number of rotatable bonds is 4. The van der Waals surface area contributed by atoms with Crippen LogP contribution in [0.25, 0.3) is 0 Å². The van der Waals surface area contributed by atoms with Crippen molar-refractivity contribution >= 4 is 5.97 Å². The van der Waals surface area contributed by atoms with E-state index in [1.54, 1.807) is 18.2 Å². The lowest BCUT2D eigenvalue weighted by Crippen LogP contribution is -2.08. The molecule has 0 radical (unpaired) electrons. The summed E-state index contributed by atoms with van der Waals surface area (Å²) in [5.74, 6) is 1.55. The van der Waals surface area contributed by atoms with Crippen molar-refractivity contribution in [2.45, 2.75) is 19.3 Å². The summed E-state index contributed by atoms with van der Waals surface area (Å²) in [5, 5.41) is 0. The van der Waals surface area contributed by atoms with Crippen molar-refractivity contribution in [2.75, 3.05) is 0 Å². The number of aryl methyl sites for hydroxylation is 2. The first-order chi connectivity index (χ1) is 12.3. The minimum absolute atomic E-state index is 0.378. The molecule has 1 aliphatic carbocycles. The van der Waals surface area contributed by atoms with E-state index in [1.165, 1.54) is 17.5 Å². The van der Waals surface area contributed by atoms with E-state index < -0.39 is 0 Å². The zero-order chi connectivity index (χ0) is 17.1. The molecule has 124 valence electrons. The van der Waals surface area contributed by atoms with Crippen LogP contribution >= 0.6 is 0 Å². The van der Waals surface area contributed by atoms with Crippen molar-refractivity contribution < 1.29 is 14.3 Å². The van der Waals surface area contributed by atoms with Gasteiger partial charge in [-0.05, 0) is 72.9 Å². The third-order valence-corrected chi connectivity index (χ3v) is 4.33. The van der Waals surface area contributed by atoms with E-state index in [1.807, 2.05) is 48.5 Å². The Kier molecular flexibility index (Phi) is 4.21. The number of esters is 1. The van der Waals surface area contributed by atoms with Crippen molar-refractivity contribution in [1.29, 1.82) is 0 Å². The van der Waals surface area contributed by atoms with Crippen molar-refractivity contribution in [3.05, 3.63) is 89.5 Å². The van der Waals surface area contributed by atoms with Crippen LogP contribution in [0.4, 0.5) is 0 Å². The van der Waals surface area contributed by atoms with E-state index in [9.17, 15) is 4.79 Å². The van der Waals surface area contributed by atoms with Gasteiger partial charge in [0.1, 0.15) is 17.2 Å². The first-order valence-electron chi connectivity index (χ1n) is 8.45. The topological polar surface area (TPSA) is 35.5 Å². The summed E-state index contributed by atoms with van der Waals surface area (Å²) < 4.78 is 11.3. The highest BCUT2D eigenvalue weighted by atomic mass is 16.5. The van der Waals surface area contributed by atoms with Gasteiger partial charge >= 0.3 is 5.97 Å². The molecule has 0 N–H and O–H groups in total. The van der Waals surface area contributed by atoms with Crippen LogP contribution in [0.2, 0.25) is 0 Å². The molecule has 3 nitrogen and oxygen atoms in total. The first-order valence-corrected chi connectivity index (χ1v) is 8.45. The smallest absolute Gasteiger partial charge is 0.343 e. The van der Waals surface area contributed by atoms with Gasteiger partial charge in [0.15, 0.2) is 0 Å². The lowest BCUT2D eigenvalue weighted by molar-refractivity contribution is 0.0734. The van der Waals surface area contributed by atoms with E-state index in [2.05, 4.69) is 6.07 Å². The number of hydrogen-bond donors (Lipinski definition) is 0. The maximum Gasteiger partial charge on any atom is 0.343 e. The van der Waals surface area contributed by atoms with Gasteiger partial charge in [0, 0.05) is 0 Å². The zero-order valence-electron chi connectivity index (χ0n) is 13.8. The Balaban J connectivity index is 1.49. The van der Waals surface area contributed by atoms with Crippen LogP contribution in [0.1, 0.15) is 27.9 Å². The molecule has 3 aromatic rings. The Morgan fingerprint density at radius 3 is 2.40 bits per heavy atom. The fourth-order valence-electron chi connectivity index (χ4n) is 3.09. The monoisotopic (exact) mass is 330 g/mol. The average Bonchev–Trinajstić information content (AvgIpc) is 3.10. The highest BCUT2D eigenvalue weighted by Gasteiger charge is 2.14. The largest absolute Gasteiger partial charge is 0.457 e. The molecule has 4 rings (SSSR count). The highest BCUT2D eigenvalue weighted by molar-refractivity contribution is 5.91. The minimum Gasteiger partial charge on any atom is -0.457 e. The van der Waals surface area contributed by atoms with Crippen LogP contribution in [0, 0.1) is 0 Å². The van der Waals surface area contributed by atoms with Crippen LogP contribution in [-0.4, -0.2) is 5.97 Å². The normalized spacial score (nSPS) is 12.5. The maximum atomic E-state index is 12.4.